The van der Waals surface area contributed by atoms with Crippen LogP contribution in [-0.2, 0) is 11.1 Å². The molecule has 0 radical (unpaired) electrons. The van der Waals surface area contributed by atoms with Crippen molar-refractivity contribution in [2.75, 3.05) is 5.75 Å². The molecule has 0 aliphatic carbocycles. The van der Waals surface area contributed by atoms with Crippen LogP contribution in [0.5, 0.6) is 0 Å². The summed E-state index contributed by atoms with van der Waals surface area (Å²) in [5.74, 6) is -6.25. The first-order chi connectivity index (χ1) is 4.36. The summed E-state index contributed by atoms with van der Waals surface area (Å²) >= 11 is -3.14. The molecule has 0 N–H and O–H groups in total. The fourth-order valence-corrected chi connectivity index (χ4v) is 0.660. The van der Waals surface area contributed by atoms with Crippen LogP contribution in [-0.4, -0.2) is 26.9 Å². The van der Waals surface area contributed by atoms with E-state index in [4.69, 9.17) is 0 Å². The van der Waals surface area contributed by atoms with E-state index in [2.05, 4.69) is 0 Å². The third-order valence-corrected chi connectivity index (χ3v) is 1.25. The molecule has 62 valence electrons. The van der Waals surface area contributed by atoms with E-state index in [1.165, 1.54) is 0 Å². The molecule has 0 spiro atoms. The van der Waals surface area contributed by atoms with Crippen LogP contribution in [0.1, 0.15) is 0 Å². The van der Waals surface area contributed by atoms with Gasteiger partial charge in [-0.1, -0.05) is 0 Å². The molecule has 1 atom stereocenters. The number of alkyl halides is 4. The summed E-state index contributed by atoms with van der Waals surface area (Å²) in [6.07, 6.45) is -3.93. The summed E-state index contributed by atoms with van der Waals surface area (Å²) in [6.45, 7) is 0. The van der Waals surface area contributed by atoms with Crippen molar-refractivity contribution in [3.8, 4) is 0 Å². The summed E-state index contributed by atoms with van der Waals surface area (Å²) in [7, 11) is 0. The second kappa shape index (κ2) is 5.47. The molecule has 0 fully saturated rings. The van der Waals surface area contributed by atoms with Gasteiger partial charge in [-0.15, -0.1) is 0 Å². The maximum Gasteiger partial charge on any atom is 1.00 e. The van der Waals surface area contributed by atoms with Crippen molar-refractivity contribution in [3.05, 3.63) is 0 Å². The van der Waals surface area contributed by atoms with Crippen LogP contribution in [0.4, 0.5) is 17.6 Å². The van der Waals surface area contributed by atoms with Crippen LogP contribution in [0, 0.1) is 0 Å². The molecule has 0 aliphatic heterocycles. The predicted molar refractivity (Wildman–Crippen MR) is 24.7 cm³/mol. The van der Waals surface area contributed by atoms with Crippen LogP contribution in [0.15, 0.2) is 0 Å². The second-order valence-corrected chi connectivity index (χ2v) is 2.41. The van der Waals surface area contributed by atoms with Gasteiger partial charge in [0.05, 0.1) is 5.75 Å². The molecular formula is C3H3F4NaO2S. The third kappa shape index (κ3) is 6.03. The van der Waals surface area contributed by atoms with Gasteiger partial charge in [-0.05, 0) is 11.1 Å². The summed E-state index contributed by atoms with van der Waals surface area (Å²) in [4.78, 5) is 0. The number of halogens is 4. The molecule has 0 aliphatic rings. The van der Waals surface area contributed by atoms with Gasteiger partial charge in [0.1, 0.15) is 0 Å². The topological polar surface area (TPSA) is 40.1 Å². The van der Waals surface area contributed by atoms with E-state index in [9.17, 15) is 26.3 Å². The van der Waals surface area contributed by atoms with E-state index >= 15 is 0 Å². The molecule has 11 heavy (non-hydrogen) atoms. The fraction of sp³-hybridized carbons (Fsp3) is 1.00. The molecule has 0 saturated carbocycles. The normalized spacial score (nSPS) is 14.4. The Bertz CT molecular complexity index is 141. The largest absolute Gasteiger partial charge is 1.00 e. The third-order valence-electron chi connectivity index (χ3n) is 0.630. The average Bonchev–Trinajstić information content (AvgIpc) is 1.60. The first-order valence-corrected chi connectivity index (χ1v) is 3.32. The van der Waals surface area contributed by atoms with Gasteiger partial charge < -0.3 is 4.55 Å². The molecule has 0 rings (SSSR count). The number of hydrogen-bond donors (Lipinski definition) is 0. The van der Waals surface area contributed by atoms with E-state index in [0.717, 1.165) is 0 Å². The van der Waals surface area contributed by atoms with Gasteiger partial charge in [-0.2, -0.15) is 8.78 Å². The Hall–Kier alpha value is 0.830. The molecule has 8 heteroatoms. The van der Waals surface area contributed by atoms with Crippen molar-refractivity contribution in [3.63, 3.8) is 0 Å². The average molecular weight is 202 g/mol. The Morgan fingerprint density at radius 1 is 1.45 bits per heavy atom. The quantitative estimate of drug-likeness (QED) is 0.295. The number of hydrogen-bond acceptors (Lipinski definition) is 2. The monoisotopic (exact) mass is 202 g/mol. The zero-order valence-corrected chi connectivity index (χ0v) is 8.34. The van der Waals surface area contributed by atoms with Crippen LogP contribution in [0.25, 0.3) is 0 Å². The van der Waals surface area contributed by atoms with Gasteiger partial charge in [0.2, 0.25) is 0 Å². The molecule has 1 unspecified atom stereocenters. The Morgan fingerprint density at radius 3 is 1.91 bits per heavy atom. The molecule has 2 nitrogen and oxygen atoms in total. The van der Waals surface area contributed by atoms with Crippen molar-refractivity contribution < 1.29 is 55.9 Å². The predicted octanol–water partition coefficient (Wildman–Crippen LogP) is -2.23. The molecule has 0 aromatic rings. The van der Waals surface area contributed by atoms with Gasteiger partial charge in [0, 0.05) is 0 Å². The van der Waals surface area contributed by atoms with E-state index in [0.29, 0.717) is 0 Å². The van der Waals surface area contributed by atoms with Crippen LogP contribution >= 0.6 is 0 Å². The molecule has 0 heterocycles. The molecule has 0 amide bonds. The zero-order valence-electron chi connectivity index (χ0n) is 5.52. The molecule has 0 aromatic heterocycles. The Labute approximate surface area is 84.9 Å². The van der Waals surface area contributed by atoms with Gasteiger partial charge in [0.15, 0.2) is 0 Å². The van der Waals surface area contributed by atoms with Crippen LogP contribution < -0.4 is 29.6 Å². The standard InChI is InChI=1S/C3H4F4O2S.Na/c4-2(5)3(6,7)1-10(8)9;/h2H,1H2,(H,8,9);/q;+1/p-1. The Morgan fingerprint density at radius 2 is 1.82 bits per heavy atom. The molecule has 0 bridgehead atoms. The number of rotatable bonds is 3. The van der Waals surface area contributed by atoms with Gasteiger partial charge in [-0.3, -0.25) is 4.21 Å². The minimum absolute atomic E-state index is 0. The minimum Gasteiger partial charge on any atom is -0.772 e. The first-order valence-electron chi connectivity index (χ1n) is 2.08. The maximum atomic E-state index is 11.7. The molecule has 0 aromatic carbocycles. The van der Waals surface area contributed by atoms with Gasteiger partial charge in [0.25, 0.3) is 0 Å². The van der Waals surface area contributed by atoms with Crippen molar-refractivity contribution in [1.29, 1.82) is 0 Å². The Kier molecular flexibility index (Phi) is 7.14. The minimum atomic E-state index is -4.42. The van der Waals surface area contributed by atoms with Crippen molar-refractivity contribution in [2.24, 2.45) is 0 Å². The van der Waals surface area contributed by atoms with E-state index in [1.807, 2.05) is 0 Å². The molecular weight excluding hydrogens is 199 g/mol. The first kappa shape index (κ1) is 14.4. The van der Waals surface area contributed by atoms with Gasteiger partial charge in [-0.25, -0.2) is 8.78 Å². The van der Waals surface area contributed by atoms with E-state index < -0.39 is 29.2 Å². The second-order valence-electron chi connectivity index (χ2n) is 1.51. The van der Waals surface area contributed by atoms with E-state index in [-0.39, 0.29) is 29.6 Å². The Balaban J connectivity index is 0. The summed E-state index contributed by atoms with van der Waals surface area (Å²) < 4.78 is 64.6. The van der Waals surface area contributed by atoms with Crippen molar-refractivity contribution in [1.82, 2.24) is 0 Å². The summed E-state index contributed by atoms with van der Waals surface area (Å²) in [5.41, 5.74) is 0. The van der Waals surface area contributed by atoms with Crippen molar-refractivity contribution in [2.45, 2.75) is 12.3 Å². The summed E-state index contributed by atoms with van der Waals surface area (Å²) in [6, 6.07) is 0. The smallest absolute Gasteiger partial charge is 0.772 e. The fourth-order valence-electron chi connectivity index (χ4n) is 0.220. The summed E-state index contributed by atoms with van der Waals surface area (Å²) in [5, 5.41) is 0. The van der Waals surface area contributed by atoms with Crippen LogP contribution in [0.3, 0.4) is 0 Å². The van der Waals surface area contributed by atoms with Crippen molar-refractivity contribution >= 4 is 11.1 Å². The van der Waals surface area contributed by atoms with Crippen LogP contribution in [0.2, 0.25) is 0 Å². The van der Waals surface area contributed by atoms with E-state index in [1.54, 1.807) is 0 Å². The zero-order chi connectivity index (χ0) is 8.36. The SMILES string of the molecule is O=S([O-])CC(F)(F)C(F)F.[Na+]. The molecule has 0 saturated heterocycles. The maximum absolute atomic E-state index is 11.7. The van der Waals surface area contributed by atoms with Gasteiger partial charge >= 0.3 is 41.9 Å².